The van der Waals surface area contributed by atoms with E-state index in [4.69, 9.17) is 11.6 Å². The summed E-state index contributed by atoms with van der Waals surface area (Å²) in [6.45, 7) is 0.665. The number of anilines is 1. The highest BCUT2D eigenvalue weighted by molar-refractivity contribution is 8.00. The Bertz CT molecular complexity index is 1390. The van der Waals surface area contributed by atoms with E-state index in [1.54, 1.807) is 23.7 Å². The molecule has 0 aliphatic rings. The Morgan fingerprint density at radius 3 is 2.44 bits per heavy atom. The van der Waals surface area contributed by atoms with Gasteiger partial charge in [-0.3, -0.25) is 9.78 Å². The van der Waals surface area contributed by atoms with Crippen LogP contribution in [0.2, 0.25) is 5.02 Å². The Balaban J connectivity index is 1.51. The van der Waals surface area contributed by atoms with Crippen molar-refractivity contribution in [2.75, 3.05) is 18.8 Å². The maximum Gasteiger partial charge on any atom is 0.416 e. The highest BCUT2D eigenvalue weighted by Gasteiger charge is 2.30. The van der Waals surface area contributed by atoms with E-state index in [1.165, 1.54) is 6.07 Å². The van der Waals surface area contributed by atoms with Crippen LogP contribution in [-0.4, -0.2) is 30.3 Å². The predicted octanol–water partition coefficient (Wildman–Crippen LogP) is 8.14. The van der Waals surface area contributed by atoms with E-state index in [0.29, 0.717) is 22.7 Å². The lowest BCUT2D eigenvalue weighted by atomic mass is 10.0. The zero-order valence-corrected chi connectivity index (χ0v) is 21.7. The molecule has 0 fully saturated rings. The minimum atomic E-state index is -4.44. The molecule has 4 aromatic rings. The topological polar surface area (TPSA) is 45.2 Å². The fourth-order valence-corrected chi connectivity index (χ4v) is 5.42. The molecule has 0 atom stereocenters. The molecule has 10 heteroatoms. The average molecular weight is 548 g/mol. The third kappa shape index (κ3) is 6.28. The molecule has 2 heterocycles. The van der Waals surface area contributed by atoms with Gasteiger partial charge in [0.15, 0.2) is 0 Å². The van der Waals surface area contributed by atoms with Crippen LogP contribution in [0.15, 0.2) is 71.9 Å². The zero-order chi connectivity index (χ0) is 25.9. The number of thiophene rings is 1. The number of benzene rings is 2. The first kappa shape index (κ1) is 26.2. The van der Waals surface area contributed by atoms with E-state index >= 15 is 0 Å². The minimum absolute atomic E-state index is 0.0172. The first-order valence-electron chi connectivity index (χ1n) is 10.7. The van der Waals surface area contributed by atoms with Crippen LogP contribution >= 0.6 is 34.9 Å². The van der Waals surface area contributed by atoms with Crippen LogP contribution in [0.25, 0.3) is 20.9 Å². The molecular weight excluding hydrogens is 527 g/mol. The second-order valence-electron chi connectivity index (χ2n) is 8.24. The van der Waals surface area contributed by atoms with Gasteiger partial charge in [0.1, 0.15) is 6.29 Å². The maximum atomic E-state index is 12.9. The van der Waals surface area contributed by atoms with E-state index in [2.05, 4.69) is 9.71 Å². The summed E-state index contributed by atoms with van der Waals surface area (Å²) in [5, 5.41) is 0.0172. The summed E-state index contributed by atoms with van der Waals surface area (Å²) < 4.78 is 41.7. The molecule has 0 unspecified atom stereocenters. The number of halogens is 4. The molecular formula is C26H21ClF3N3OS2. The van der Waals surface area contributed by atoms with Crippen LogP contribution in [-0.2, 0) is 12.7 Å². The molecule has 0 aliphatic carbocycles. The number of hydrogen-bond donors (Lipinski definition) is 1. The van der Waals surface area contributed by atoms with Gasteiger partial charge in [0.2, 0.25) is 0 Å². The van der Waals surface area contributed by atoms with Crippen LogP contribution in [0.3, 0.4) is 0 Å². The molecule has 4 nitrogen and oxygen atoms in total. The number of alkyl halides is 3. The lowest BCUT2D eigenvalue weighted by Gasteiger charge is -2.12. The van der Waals surface area contributed by atoms with E-state index in [9.17, 15) is 18.0 Å². The number of rotatable bonds is 8. The lowest BCUT2D eigenvalue weighted by Crippen LogP contribution is -2.12. The van der Waals surface area contributed by atoms with E-state index in [-0.39, 0.29) is 5.02 Å². The number of aromatic nitrogens is 1. The monoisotopic (exact) mass is 547 g/mol. The van der Waals surface area contributed by atoms with E-state index in [0.717, 1.165) is 56.8 Å². The van der Waals surface area contributed by atoms with Gasteiger partial charge in [-0.1, -0.05) is 23.7 Å². The van der Waals surface area contributed by atoms with Crippen molar-refractivity contribution < 1.29 is 18.0 Å². The SMILES string of the molecule is CN(C)Cc1cc(-c2ccc(-c3cncc(NSc4ccc(C(F)(F)F)cc4Cl)c3)s2)ccc1C=O. The van der Waals surface area contributed by atoms with Crippen LogP contribution in [0.4, 0.5) is 18.9 Å². The van der Waals surface area contributed by atoms with Gasteiger partial charge in [0.25, 0.3) is 0 Å². The van der Waals surface area contributed by atoms with Crippen molar-refractivity contribution >= 4 is 46.9 Å². The fraction of sp³-hybridized carbons (Fsp3) is 0.154. The smallest absolute Gasteiger partial charge is 0.324 e. The summed E-state index contributed by atoms with van der Waals surface area (Å²) in [4.78, 5) is 20.3. The zero-order valence-electron chi connectivity index (χ0n) is 19.3. The highest BCUT2D eigenvalue weighted by atomic mass is 35.5. The van der Waals surface area contributed by atoms with Gasteiger partial charge in [0.05, 0.1) is 22.5 Å². The van der Waals surface area contributed by atoms with Crippen molar-refractivity contribution in [1.82, 2.24) is 9.88 Å². The van der Waals surface area contributed by atoms with E-state index in [1.807, 2.05) is 55.4 Å². The molecule has 186 valence electrons. The normalized spacial score (nSPS) is 11.6. The number of hydrogen-bond acceptors (Lipinski definition) is 6. The predicted molar refractivity (Wildman–Crippen MR) is 142 cm³/mol. The quantitative estimate of drug-likeness (QED) is 0.178. The summed E-state index contributed by atoms with van der Waals surface area (Å²) in [6.07, 6.45) is -0.177. The van der Waals surface area contributed by atoms with Crippen molar-refractivity contribution in [3.63, 3.8) is 0 Å². The van der Waals surface area contributed by atoms with Crippen molar-refractivity contribution in [1.29, 1.82) is 0 Å². The van der Waals surface area contributed by atoms with Crippen LogP contribution in [0, 0.1) is 0 Å². The third-order valence-corrected chi connectivity index (χ3v) is 7.73. The number of nitrogens with zero attached hydrogens (tertiary/aromatic N) is 2. The first-order valence-corrected chi connectivity index (χ1v) is 12.7. The Morgan fingerprint density at radius 2 is 1.78 bits per heavy atom. The molecule has 36 heavy (non-hydrogen) atoms. The van der Waals surface area contributed by atoms with Gasteiger partial charge < -0.3 is 9.62 Å². The third-order valence-electron chi connectivity index (χ3n) is 5.21. The molecule has 0 radical (unpaired) electrons. The minimum Gasteiger partial charge on any atom is -0.324 e. The first-order chi connectivity index (χ1) is 17.1. The summed E-state index contributed by atoms with van der Waals surface area (Å²) in [5.41, 5.74) is 3.47. The largest absolute Gasteiger partial charge is 0.416 e. The molecule has 1 N–H and O–H groups in total. The molecule has 2 aromatic heterocycles. The Kier molecular flexibility index (Phi) is 8.04. The highest BCUT2D eigenvalue weighted by Crippen LogP contribution is 2.38. The Hall–Kier alpha value is -2.85. The molecule has 2 aromatic carbocycles. The van der Waals surface area contributed by atoms with Crippen molar-refractivity contribution in [2.24, 2.45) is 0 Å². The number of carbonyl (C=O) groups is 1. The van der Waals surface area contributed by atoms with Crippen molar-refractivity contribution in [2.45, 2.75) is 17.6 Å². The second kappa shape index (κ2) is 11.0. The number of nitrogens with one attached hydrogen (secondary N) is 1. The summed E-state index contributed by atoms with van der Waals surface area (Å²) in [6, 6.07) is 15.1. The number of carbonyl (C=O) groups excluding carboxylic acids is 1. The summed E-state index contributed by atoms with van der Waals surface area (Å²) >= 11 is 8.77. The molecule has 0 amide bonds. The average Bonchev–Trinajstić information content (AvgIpc) is 3.33. The maximum absolute atomic E-state index is 12.9. The summed E-state index contributed by atoms with van der Waals surface area (Å²) in [5.74, 6) is 0. The molecule has 0 spiro atoms. The Labute approximate surface area is 220 Å². The van der Waals surface area contributed by atoms with Crippen LogP contribution in [0.1, 0.15) is 21.5 Å². The van der Waals surface area contributed by atoms with Gasteiger partial charge in [-0.2, -0.15) is 13.2 Å². The van der Waals surface area contributed by atoms with Gasteiger partial charge in [-0.15, -0.1) is 11.3 Å². The van der Waals surface area contributed by atoms with Crippen molar-refractivity contribution in [3.05, 3.63) is 88.7 Å². The van der Waals surface area contributed by atoms with E-state index < -0.39 is 11.7 Å². The number of pyridine rings is 1. The van der Waals surface area contributed by atoms with Gasteiger partial charge in [0, 0.05) is 38.5 Å². The molecule has 4 rings (SSSR count). The molecule has 0 aliphatic heterocycles. The molecule has 0 bridgehead atoms. The van der Waals surface area contributed by atoms with Crippen LogP contribution in [0.5, 0.6) is 0 Å². The Morgan fingerprint density at radius 1 is 1.03 bits per heavy atom. The van der Waals surface area contributed by atoms with Gasteiger partial charge in [-0.05, 0) is 79.6 Å². The van der Waals surface area contributed by atoms with Gasteiger partial charge >= 0.3 is 6.18 Å². The van der Waals surface area contributed by atoms with Crippen molar-refractivity contribution in [3.8, 4) is 20.9 Å². The fourth-order valence-electron chi connectivity index (χ4n) is 3.50. The second-order valence-corrected chi connectivity index (χ2v) is 10.6. The molecule has 0 saturated carbocycles. The van der Waals surface area contributed by atoms with Crippen LogP contribution < -0.4 is 4.72 Å². The summed E-state index contributed by atoms with van der Waals surface area (Å²) in [7, 11) is 3.92. The lowest BCUT2D eigenvalue weighted by molar-refractivity contribution is -0.137. The number of aldehydes is 1. The molecule has 0 saturated heterocycles. The standard InChI is InChI=1S/C26H21ClF3N3OS2/c1-33(2)14-19-9-16(3-4-17(19)15-34)23-7-8-24(35-23)18-10-21(13-31-12-18)32-36-25-6-5-20(11-22(25)27)26(28,29)30/h3-13,15,32H,14H2,1-2H3. The van der Waals surface area contributed by atoms with Gasteiger partial charge in [-0.25, -0.2) is 0 Å².